The van der Waals surface area contributed by atoms with Gasteiger partial charge in [-0.1, -0.05) is 30.3 Å². The van der Waals surface area contributed by atoms with E-state index in [1.807, 2.05) is 29.6 Å². The van der Waals surface area contributed by atoms with Crippen LogP contribution in [-0.2, 0) is 13.0 Å². The Balaban J connectivity index is 2.22. The predicted octanol–water partition coefficient (Wildman–Crippen LogP) is -0.363. The van der Waals surface area contributed by atoms with Crippen LogP contribution in [0.5, 0.6) is 5.88 Å². The van der Waals surface area contributed by atoms with Gasteiger partial charge < -0.3 is 10.4 Å². The fourth-order valence-corrected chi connectivity index (χ4v) is 3.02. The van der Waals surface area contributed by atoms with Crippen LogP contribution in [0.15, 0.2) is 46.5 Å². The largest absolute Gasteiger partial charge is 0.494 e. The first-order valence-corrected chi connectivity index (χ1v) is 7.21. The first kappa shape index (κ1) is 14.3. The minimum Gasteiger partial charge on any atom is -0.494 e. The number of hydrogen-bond acceptors (Lipinski definition) is 3. The zero-order chi connectivity index (χ0) is 15.7. The molecule has 1 aromatic carbocycles. The molecule has 0 amide bonds. The number of nitrogens with zero attached hydrogens (tertiary/aromatic N) is 1. The first-order chi connectivity index (χ1) is 10.6. The number of fused-ring (bicyclic) bond motifs is 1. The molecule has 2 aromatic rings. The number of benzene rings is 1. The molecule has 0 saturated carbocycles. The molecule has 0 unspecified atom stereocenters. The van der Waals surface area contributed by atoms with E-state index in [1.165, 1.54) is 6.08 Å². The summed E-state index contributed by atoms with van der Waals surface area (Å²) in [5.41, 5.74) is 1.21. The topological polar surface area (TPSA) is 91.7 Å². The molecule has 1 aliphatic heterocycles. The predicted molar refractivity (Wildman–Crippen MR) is 82.0 cm³/mol. The van der Waals surface area contributed by atoms with Crippen LogP contribution >= 0.6 is 0 Å². The lowest BCUT2D eigenvalue weighted by Crippen LogP contribution is -2.87. The van der Waals surface area contributed by atoms with E-state index in [1.54, 1.807) is 0 Å². The molecule has 1 atom stereocenters. The van der Waals surface area contributed by atoms with Crippen molar-refractivity contribution in [1.82, 2.24) is 9.55 Å². The Morgan fingerprint density at radius 2 is 2.18 bits per heavy atom. The fourth-order valence-electron chi connectivity index (χ4n) is 3.02. The summed E-state index contributed by atoms with van der Waals surface area (Å²) < 4.78 is 1.12. The summed E-state index contributed by atoms with van der Waals surface area (Å²) in [6, 6.07) is 7.54. The first-order valence-electron chi connectivity index (χ1n) is 7.21. The summed E-state index contributed by atoms with van der Waals surface area (Å²) >= 11 is 0. The van der Waals surface area contributed by atoms with Gasteiger partial charge in [-0.2, -0.15) is 0 Å². The Labute approximate surface area is 126 Å². The zero-order valence-electron chi connectivity index (χ0n) is 12.1. The van der Waals surface area contributed by atoms with E-state index < -0.39 is 11.2 Å². The highest BCUT2D eigenvalue weighted by Crippen LogP contribution is 2.26. The monoisotopic (exact) mass is 300 g/mol. The average Bonchev–Trinajstić information content (AvgIpc) is 2.51. The van der Waals surface area contributed by atoms with Gasteiger partial charge in [0.05, 0.1) is 6.54 Å². The second-order valence-electron chi connectivity index (χ2n) is 5.35. The van der Waals surface area contributed by atoms with Gasteiger partial charge in [-0.3, -0.25) is 14.3 Å². The van der Waals surface area contributed by atoms with Gasteiger partial charge in [0.2, 0.25) is 5.88 Å². The Morgan fingerprint density at radius 3 is 2.95 bits per heavy atom. The van der Waals surface area contributed by atoms with Crippen molar-refractivity contribution in [2.45, 2.75) is 19.0 Å². The van der Waals surface area contributed by atoms with Crippen LogP contribution in [0.2, 0.25) is 0 Å². The highest BCUT2D eigenvalue weighted by Gasteiger charge is 2.31. The quantitative estimate of drug-likeness (QED) is 0.676. The summed E-state index contributed by atoms with van der Waals surface area (Å²) in [6.45, 7) is 4.53. The smallest absolute Gasteiger partial charge is 0.331 e. The number of quaternary nitrogens is 1. The lowest BCUT2D eigenvalue weighted by atomic mass is 9.91. The van der Waals surface area contributed by atoms with E-state index in [2.05, 4.69) is 11.6 Å². The van der Waals surface area contributed by atoms with Gasteiger partial charge in [0, 0.05) is 18.5 Å². The Hall–Kier alpha value is -2.60. The maximum absolute atomic E-state index is 12.3. The number of hydrogen-bond donors (Lipinski definition) is 3. The van der Waals surface area contributed by atoms with Gasteiger partial charge in [0.15, 0.2) is 0 Å². The number of aromatic amines is 1. The van der Waals surface area contributed by atoms with Crippen molar-refractivity contribution in [3.8, 4) is 5.88 Å². The molecule has 0 spiro atoms. The maximum atomic E-state index is 12.3. The number of aromatic hydroxyl groups is 1. The SMILES string of the molecule is C=CCn1c(O)c([C@H]2[NH2+]CCc3ccccc32)c(=O)[nH]c1=O. The van der Waals surface area contributed by atoms with Crippen LogP contribution in [0.3, 0.4) is 0 Å². The lowest BCUT2D eigenvalue weighted by Gasteiger charge is -2.24. The van der Waals surface area contributed by atoms with Crippen molar-refractivity contribution in [2.75, 3.05) is 6.54 Å². The van der Waals surface area contributed by atoms with Crippen molar-refractivity contribution in [3.63, 3.8) is 0 Å². The number of H-pyrrole nitrogens is 1. The molecule has 0 aliphatic carbocycles. The molecular formula is C16H18N3O3+. The van der Waals surface area contributed by atoms with Gasteiger partial charge in [-0.05, 0) is 5.56 Å². The molecule has 0 radical (unpaired) electrons. The molecule has 22 heavy (non-hydrogen) atoms. The summed E-state index contributed by atoms with van der Waals surface area (Å²) in [6.07, 6.45) is 2.42. The van der Waals surface area contributed by atoms with Crippen LogP contribution in [-0.4, -0.2) is 21.2 Å². The van der Waals surface area contributed by atoms with E-state index in [4.69, 9.17) is 0 Å². The number of nitrogens with one attached hydrogen (secondary N) is 1. The van der Waals surface area contributed by atoms with Crippen LogP contribution < -0.4 is 16.6 Å². The summed E-state index contributed by atoms with van der Waals surface area (Å²) in [4.78, 5) is 26.4. The second-order valence-corrected chi connectivity index (χ2v) is 5.35. The molecule has 1 aromatic heterocycles. The Morgan fingerprint density at radius 1 is 1.41 bits per heavy atom. The third kappa shape index (κ3) is 2.27. The van der Waals surface area contributed by atoms with Crippen molar-refractivity contribution in [2.24, 2.45) is 0 Å². The fraction of sp³-hybridized carbons (Fsp3) is 0.250. The standard InChI is InChI=1S/C16H17N3O3/c1-2-9-19-15(21)12(14(20)18-16(19)22)13-11-6-4-3-5-10(11)7-8-17-13/h2-6,13,17,21H,1,7-9H2,(H,18,20,22)/p+1/t13-/m0/s1. The van der Waals surface area contributed by atoms with Crippen LogP contribution in [0.4, 0.5) is 0 Å². The van der Waals surface area contributed by atoms with E-state index in [0.29, 0.717) is 0 Å². The number of allylic oxidation sites excluding steroid dienone is 1. The van der Waals surface area contributed by atoms with Gasteiger partial charge in [0.25, 0.3) is 5.56 Å². The number of aromatic nitrogens is 2. The van der Waals surface area contributed by atoms with E-state index >= 15 is 0 Å². The van der Waals surface area contributed by atoms with Gasteiger partial charge in [0.1, 0.15) is 11.6 Å². The molecular weight excluding hydrogens is 282 g/mol. The van der Waals surface area contributed by atoms with Gasteiger partial charge in [-0.15, -0.1) is 6.58 Å². The summed E-state index contributed by atoms with van der Waals surface area (Å²) in [5.74, 6) is -0.286. The highest BCUT2D eigenvalue weighted by atomic mass is 16.3. The average molecular weight is 300 g/mol. The molecule has 6 heteroatoms. The summed E-state index contributed by atoms with van der Waals surface area (Å²) in [5, 5.41) is 12.4. The highest BCUT2D eigenvalue weighted by molar-refractivity contribution is 5.39. The van der Waals surface area contributed by atoms with Crippen molar-refractivity contribution in [1.29, 1.82) is 0 Å². The van der Waals surface area contributed by atoms with Crippen molar-refractivity contribution >= 4 is 0 Å². The lowest BCUT2D eigenvalue weighted by molar-refractivity contribution is -0.690. The Kier molecular flexibility index (Phi) is 3.68. The molecule has 0 fully saturated rings. The second kappa shape index (κ2) is 5.65. The molecule has 0 saturated heterocycles. The third-order valence-electron chi connectivity index (χ3n) is 4.04. The molecule has 1 aliphatic rings. The van der Waals surface area contributed by atoms with Crippen molar-refractivity contribution < 1.29 is 10.4 Å². The molecule has 114 valence electrons. The molecule has 6 nitrogen and oxygen atoms in total. The van der Waals surface area contributed by atoms with Crippen LogP contribution in [0.25, 0.3) is 0 Å². The molecule has 3 rings (SSSR count). The van der Waals surface area contributed by atoms with Crippen LogP contribution in [0, 0.1) is 0 Å². The number of rotatable bonds is 3. The zero-order valence-corrected chi connectivity index (χ0v) is 12.1. The normalized spacial score (nSPS) is 17.0. The van der Waals surface area contributed by atoms with Gasteiger partial charge >= 0.3 is 5.69 Å². The van der Waals surface area contributed by atoms with Crippen molar-refractivity contribution in [3.05, 3.63) is 74.4 Å². The summed E-state index contributed by atoms with van der Waals surface area (Å²) in [7, 11) is 0. The number of nitrogens with two attached hydrogens (primary N) is 1. The van der Waals surface area contributed by atoms with E-state index in [0.717, 1.165) is 28.7 Å². The van der Waals surface area contributed by atoms with Crippen LogP contribution in [0.1, 0.15) is 22.7 Å². The maximum Gasteiger partial charge on any atom is 0.331 e. The van der Waals surface area contributed by atoms with E-state index in [-0.39, 0.29) is 24.0 Å². The molecule has 2 heterocycles. The minimum absolute atomic E-state index is 0.142. The third-order valence-corrected chi connectivity index (χ3v) is 4.04. The minimum atomic E-state index is -0.629. The van der Waals surface area contributed by atoms with Gasteiger partial charge in [-0.25, -0.2) is 4.79 Å². The Bertz CT molecular complexity index is 835. The molecule has 0 bridgehead atoms. The molecule has 4 N–H and O–H groups in total. The van der Waals surface area contributed by atoms with E-state index in [9.17, 15) is 14.7 Å².